The highest BCUT2D eigenvalue weighted by Crippen LogP contribution is 2.00. The van der Waals surface area contributed by atoms with E-state index in [1.807, 2.05) is 0 Å². The molecule has 6 nitrogen and oxygen atoms in total. The number of rotatable bonds is 5. The van der Waals surface area contributed by atoms with Gasteiger partial charge in [0, 0.05) is 39.1 Å². The summed E-state index contributed by atoms with van der Waals surface area (Å²) in [5, 5.41) is 0. The summed E-state index contributed by atoms with van der Waals surface area (Å²) in [6.07, 6.45) is 4.34. The van der Waals surface area contributed by atoms with Gasteiger partial charge in [-0.1, -0.05) is 0 Å². The summed E-state index contributed by atoms with van der Waals surface area (Å²) in [7, 11) is 3.26. The normalized spacial score (nSPS) is 12.2. The molecule has 0 saturated carbocycles. The molecule has 0 aliphatic heterocycles. The van der Waals surface area contributed by atoms with Gasteiger partial charge in [-0.25, -0.2) is 9.97 Å². The topological polar surface area (TPSA) is 81.3 Å². The lowest BCUT2D eigenvalue weighted by molar-refractivity contribution is 0.0764. The van der Waals surface area contributed by atoms with E-state index in [0.717, 1.165) is 0 Å². The Kier molecular flexibility index (Phi) is 4.81. The number of nitrogens with zero attached hydrogens (tertiary/aromatic N) is 3. The van der Waals surface area contributed by atoms with Gasteiger partial charge in [-0.15, -0.1) is 0 Å². The van der Waals surface area contributed by atoms with Crippen molar-refractivity contribution in [1.82, 2.24) is 14.9 Å². The molecule has 1 heterocycles. The van der Waals surface area contributed by atoms with Crippen molar-refractivity contribution in [2.24, 2.45) is 5.73 Å². The van der Waals surface area contributed by atoms with Crippen LogP contribution in [0.1, 0.15) is 10.4 Å². The number of methoxy groups -OCH3 is 1. The molecule has 1 rings (SSSR count). The van der Waals surface area contributed by atoms with Gasteiger partial charge in [-0.2, -0.15) is 0 Å². The van der Waals surface area contributed by atoms with Crippen LogP contribution in [0, 0.1) is 0 Å². The van der Waals surface area contributed by atoms with Crippen LogP contribution < -0.4 is 5.73 Å². The number of nitrogens with two attached hydrogens (primary N) is 1. The second-order valence-corrected chi connectivity index (χ2v) is 3.53. The van der Waals surface area contributed by atoms with E-state index in [0.29, 0.717) is 18.7 Å². The van der Waals surface area contributed by atoms with Gasteiger partial charge in [-0.3, -0.25) is 4.79 Å². The quantitative estimate of drug-likeness (QED) is 0.730. The first-order valence-electron chi connectivity index (χ1n) is 4.90. The summed E-state index contributed by atoms with van der Waals surface area (Å²) in [5.74, 6) is -0.146. The van der Waals surface area contributed by atoms with Crippen molar-refractivity contribution in [3.63, 3.8) is 0 Å². The molecule has 2 N–H and O–H groups in total. The van der Waals surface area contributed by atoms with Crippen LogP contribution in [0.3, 0.4) is 0 Å². The van der Waals surface area contributed by atoms with Gasteiger partial charge in [0.1, 0.15) is 6.33 Å². The number of carbonyl (C=O) groups excluding carboxylic acids is 1. The standard InChI is InChI=1S/C10H16N4O2/c1-14(5-9(11)6-16-2)10(15)8-3-12-7-13-4-8/h3-4,7,9H,5-6,11H2,1-2H3. The average molecular weight is 224 g/mol. The number of hydrogen-bond donors (Lipinski definition) is 1. The maximum Gasteiger partial charge on any atom is 0.256 e. The highest BCUT2D eigenvalue weighted by Gasteiger charge is 2.14. The van der Waals surface area contributed by atoms with Crippen molar-refractivity contribution in [1.29, 1.82) is 0 Å². The molecule has 0 aromatic carbocycles. The van der Waals surface area contributed by atoms with E-state index < -0.39 is 0 Å². The Morgan fingerprint density at radius 3 is 2.75 bits per heavy atom. The summed E-state index contributed by atoms with van der Waals surface area (Å²) in [6.45, 7) is 0.852. The maximum absolute atomic E-state index is 11.8. The third kappa shape index (κ3) is 3.56. The molecule has 88 valence electrons. The largest absolute Gasteiger partial charge is 0.383 e. The fourth-order valence-corrected chi connectivity index (χ4v) is 1.33. The maximum atomic E-state index is 11.8. The Bertz CT molecular complexity index is 331. The van der Waals surface area contributed by atoms with E-state index in [1.165, 1.54) is 23.6 Å². The zero-order valence-corrected chi connectivity index (χ0v) is 9.46. The molecule has 1 atom stereocenters. The molecule has 1 amide bonds. The minimum absolute atomic E-state index is 0.146. The molecule has 1 aromatic heterocycles. The summed E-state index contributed by atoms with van der Waals surface area (Å²) in [4.78, 5) is 20.9. The second kappa shape index (κ2) is 6.14. The molecule has 1 aromatic rings. The van der Waals surface area contributed by atoms with Crippen LogP contribution in [0.5, 0.6) is 0 Å². The lowest BCUT2D eigenvalue weighted by Gasteiger charge is -2.20. The summed E-state index contributed by atoms with van der Waals surface area (Å²) < 4.78 is 4.90. The predicted octanol–water partition coefficient (Wildman–Crippen LogP) is -0.478. The summed E-state index contributed by atoms with van der Waals surface area (Å²) >= 11 is 0. The number of likely N-dealkylation sites (N-methyl/N-ethyl adjacent to an activating group) is 1. The number of amides is 1. The number of carbonyl (C=O) groups is 1. The fraction of sp³-hybridized carbons (Fsp3) is 0.500. The second-order valence-electron chi connectivity index (χ2n) is 3.53. The van der Waals surface area contributed by atoms with Gasteiger partial charge in [0.15, 0.2) is 0 Å². The van der Waals surface area contributed by atoms with Crippen molar-refractivity contribution >= 4 is 5.91 Å². The van der Waals surface area contributed by atoms with Crippen molar-refractivity contribution in [2.45, 2.75) is 6.04 Å². The smallest absolute Gasteiger partial charge is 0.256 e. The molecule has 0 aliphatic carbocycles. The van der Waals surface area contributed by atoms with Crippen LogP contribution in [0.25, 0.3) is 0 Å². The lowest BCUT2D eigenvalue weighted by atomic mass is 10.2. The van der Waals surface area contributed by atoms with E-state index in [1.54, 1.807) is 14.2 Å². The third-order valence-electron chi connectivity index (χ3n) is 2.04. The Hall–Kier alpha value is -1.53. The molecule has 0 fully saturated rings. The van der Waals surface area contributed by atoms with Crippen molar-refractivity contribution in [3.05, 3.63) is 24.3 Å². The van der Waals surface area contributed by atoms with Gasteiger partial charge in [0.25, 0.3) is 5.91 Å². The Labute approximate surface area is 94.4 Å². The molecular formula is C10H16N4O2. The molecule has 16 heavy (non-hydrogen) atoms. The molecule has 1 unspecified atom stereocenters. The van der Waals surface area contributed by atoms with Gasteiger partial charge < -0.3 is 15.4 Å². The van der Waals surface area contributed by atoms with E-state index in [9.17, 15) is 4.79 Å². The number of ether oxygens (including phenoxy) is 1. The summed E-state index contributed by atoms with van der Waals surface area (Å²) in [5.41, 5.74) is 6.20. The average Bonchev–Trinajstić information content (AvgIpc) is 2.29. The lowest BCUT2D eigenvalue weighted by Crippen LogP contribution is -2.41. The molecule has 0 bridgehead atoms. The third-order valence-corrected chi connectivity index (χ3v) is 2.04. The minimum atomic E-state index is -0.191. The molecule has 0 radical (unpaired) electrons. The van der Waals surface area contributed by atoms with E-state index in [-0.39, 0.29) is 11.9 Å². The number of aromatic nitrogens is 2. The van der Waals surface area contributed by atoms with Crippen molar-refractivity contribution in [3.8, 4) is 0 Å². The zero-order chi connectivity index (χ0) is 12.0. The molecular weight excluding hydrogens is 208 g/mol. The van der Waals surface area contributed by atoms with Crippen molar-refractivity contribution in [2.75, 3.05) is 27.3 Å². The number of hydrogen-bond acceptors (Lipinski definition) is 5. The fourth-order valence-electron chi connectivity index (χ4n) is 1.33. The van der Waals surface area contributed by atoms with Crippen LogP contribution in [-0.4, -0.2) is 54.1 Å². The molecule has 6 heteroatoms. The SMILES string of the molecule is COCC(N)CN(C)C(=O)c1cncnc1. The zero-order valence-electron chi connectivity index (χ0n) is 9.46. The predicted molar refractivity (Wildman–Crippen MR) is 58.8 cm³/mol. The van der Waals surface area contributed by atoms with Gasteiger partial charge >= 0.3 is 0 Å². The Morgan fingerprint density at radius 1 is 1.56 bits per heavy atom. The van der Waals surface area contributed by atoms with Gasteiger partial charge in [-0.05, 0) is 0 Å². The van der Waals surface area contributed by atoms with E-state index in [2.05, 4.69) is 9.97 Å². The highest BCUT2D eigenvalue weighted by atomic mass is 16.5. The van der Waals surface area contributed by atoms with Crippen LogP contribution in [0.2, 0.25) is 0 Å². The van der Waals surface area contributed by atoms with E-state index in [4.69, 9.17) is 10.5 Å². The van der Waals surface area contributed by atoms with Crippen LogP contribution in [-0.2, 0) is 4.74 Å². The molecule has 0 aliphatic rings. The summed E-state index contributed by atoms with van der Waals surface area (Å²) in [6, 6.07) is -0.191. The first-order valence-corrected chi connectivity index (χ1v) is 4.90. The molecule has 0 spiro atoms. The van der Waals surface area contributed by atoms with E-state index >= 15 is 0 Å². The van der Waals surface area contributed by atoms with Crippen LogP contribution in [0.15, 0.2) is 18.7 Å². The van der Waals surface area contributed by atoms with Crippen LogP contribution in [0.4, 0.5) is 0 Å². The Morgan fingerprint density at radius 2 is 2.19 bits per heavy atom. The first kappa shape index (κ1) is 12.5. The van der Waals surface area contributed by atoms with Crippen LogP contribution >= 0.6 is 0 Å². The first-order chi connectivity index (χ1) is 7.65. The Balaban J connectivity index is 2.55. The van der Waals surface area contributed by atoms with Gasteiger partial charge in [0.2, 0.25) is 0 Å². The monoisotopic (exact) mass is 224 g/mol. The minimum Gasteiger partial charge on any atom is -0.383 e. The van der Waals surface area contributed by atoms with Crippen molar-refractivity contribution < 1.29 is 9.53 Å². The van der Waals surface area contributed by atoms with Gasteiger partial charge in [0.05, 0.1) is 12.2 Å². The molecule has 0 saturated heterocycles. The highest BCUT2D eigenvalue weighted by molar-refractivity contribution is 5.93.